The molecule has 0 radical (unpaired) electrons. The number of ether oxygens (including phenoxy) is 1. The molecule has 2 atom stereocenters. The van der Waals surface area contributed by atoms with Gasteiger partial charge in [0, 0.05) is 38.8 Å². The molecule has 1 aliphatic heterocycles. The highest BCUT2D eigenvalue weighted by Gasteiger charge is 2.32. The fraction of sp³-hybridized carbons (Fsp3) is 0.500. The molecular weight excluding hydrogens is 318 g/mol. The Bertz CT molecular complexity index is 691. The van der Waals surface area contributed by atoms with Gasteiger partial charge in [-0.2, -0.15) is 0 Å². The second kappa shape index (κ2) is 7.76. The molecule has 1 fully saturated rings. The Balaban J connectivity index is 1.79. The summed E-state index contributed by atoms with van der Waals surface area (Å²) in [4.78, 5) is 17.5. The van der Waals surface area contributed by atoms with E-state index in [1.165, 1.54) is 0 Å². The van der Waals surface area contributed by atoms with Crippen molar-refractivity contribution in [2.24, 2.45) is 0 Å². The highest BCUT2D eigenvalue weighted by Crippen LogP contribution is 2.21. The van der Waals surface area contributed by atoms with Gasteiger partial charge in [-0.1, -0.05) is 17.3 Å². The molecule has 7 nitrogen and oxygen atoms in total. The fourth-order valence-corrected chi connectivity index (χ4v) is 3.52. The number of methoxy groups -OCH3 is 1. The maximum Gasteiger partial charge on any atom is 0.256 e. The molecule has 2 heterocycles. The summed E-state index contributed by atoms with van der Waals surface area (Å²) in [6.07, 6.45) is 3.36. The molecule has 1 saturated heterocycles. The van der Waals surface area contributed by atoms with Crippen LogP contribution in [-0.4, -0.2) is 76.1 Å². The van der Waals surface area contributed by atoms with Crippen LogP contribution in [0.15, 0.2) is 36.7 Å². The van der Waals surface area contributed by atoms with Gasteiger partial charge in [0.2, 0.25) is 0 Å². The summed E-state index contributed by atoms with van der Waals surface area (Å²) in [5.74, 6) is 0.0381. The molecule has 3 rings (SSSR count). The van der Waals surface area contributed by atoms with Crippen LogP contribution < -0.4 is 0 Å². The average molecular weight is 343 g/mol. The highest BCUT2D eigenvalue weighted by atomic mass is 16.5. The number of hydrogen-bond donors (Lipinski definition) is 0. The number of carbonyl (C=O) groups is 1. The lowest BCUT2D eigenvalue weighted by Gasteiger charge is -2.44. The number of para-hydroxylation sites is 1. The van der Waals surface area contributed by atoms with Gasteiger partial charge in [0.15, 0.2) is 0 Å². The summed E-state index contributed by atoms with van der Waals surface area (Å²) in [5.41, 5.74) is 1.41. The molecular formula is C18H25N5O2. The van der Waals surface area contributed by atoms with Crippen LogP contribution in [0.1, 0.15) is 24.2 Å². The van der Waals surface area contributed by atoms with Crippen molar-refractivity contribution in [3.05, 3.63) is 42.2 Å². The first-order chi connectivity index (χ1) is 12.1. The van der Waals surface area contributed by atoms with Gasteiger partial charge >= 0.3 is 0 Å². The van der Waals surface area contributed by atoms with E-state index in [1.54, 1.807) is 24.2 Å². The van der Waals surface area contributed by atoms with Crippen molar-refractivity contribution in [3.63, 3.8) is 0 Å². The van der Waals surface area contributed by atoms with Gasteiger partial charge in [-0.25, -0.2) is 4.68 Å². The van der Waals surface area contributed by atoms with E-state index in [2.05, 4.69) is 29.1 Å². The van der Waals surface area contributed by atoms with Gasteiger partial charge in [0.05, 0.1) is 30.3 Å². The number of carbonyl (C=O) groups excluding carboxylic acids is 1. The second-order valence-electron chi connectivity index (χ2n) is 6.50. The van der Waals surface area contributed by atoms with E-state index in [1.807, 2.05) is 29.2 Å². The van der Waals surface area contributed by atoms with Crippen LogP contribution in [0, 0.1) is 0 Å². The van der Waals surface area contributed by atoms with Gasteiger partial charge in [0.25, 0.3) is 5.91 Å². The average Bonchev–Trinajstić information content (AvgIpc) is 3.15. The molecule has 0 aliphatic carbocycles. The zero-order valence-electron chi connectivity index (χ0n) is 15.0. The third-order valence-corrected chi connectivity index (χ3v) is 4.75. The minimum absolute atomic E-state index is 0.0381. The van der Waals surface area contributed by atoms with Crippen LogP contribution in [-0.2, 0) is 4.74 Å². The predicted octanol–water partition coefficient (Wildman–Crippen LogP) is 1.45. The summed E-state index contributed by atoms with van der Waals surface area (Å²) in [5, 5.41) is 7.87. The molecule has 1 aromatic carbocycles. The first-order valence-corrected chi connectivity index (χ1v) is 8.61. The Labute approximate surface area is 148 Å². The smallest absolute Gasteiger partial charge is 0.256 e. The van der Waals surface area contributed by atoms with Gasteiger partial charge in [0.1, 0.15) is 0 Å². The number of benzene rings is 1. The van der Waals surface area contributed by atoms with Gasteiger partial charge < -0.3 is 9.64 Å². The first-order valence-electron chi connectivity index (χ1n) is 8.61. The number of amides is 1. The summed E-state index contributed by atoms with van der Waals surface area (Å²) in [6, 6.07) is 8.12. The molecule has 1 aromatic heterocycles. The molecule has 0 spiro atoms. The Morgan fingerprint density at radius 2 is 1.96 bits per heavy atom. The van der Waals surface area contributed by atoms with Gasteiger partial charge in [-0.15, -0.1) is 5.10 Å². The van der Waals surface area contributed by atoms with E-state index in [-0.39, 0.29) is 5.91 Å². The molecule has 25 heavy (non-hydrogen) atoms. The largest absolute Gasteiger partial charge is 0.383 e. The quantitative estimate of drug-likeness (QED) is 0.822. The number of rotatable bonds is 5. The summed E-state index contributed by atoms with van der Waals surface area (Å²) >= 11 is 0. The Hall–Kier alpha value is -2.25. The van der Waals surface area contributed by atoms with Crippen molar-refractivity contribution >= 4 is 5.91 Å². The summed E-state index contributed by atoms with van der Waals surface area (Å²) in [7, 11) is 1.72. The standard InChI is InChI=1S/C18H25N5O2/c1-14-12-21(13-15(2)22(14)10-11-25-3)18(24)16-6-4-5-7-17(16)23-9-8-19-20-23/h4-9,14-15H,10-13H2,1-3H3/t14-,15-/m0/s1. The highest BCUT2D eigenvalue weighted by molar-refractivity contribution is 5.97. The van der Waals surface area contributed by atoms with Crippen LogP contribution in [0.3, 0.4) is 0 Å². The van der Waals surface area contributed by atoms with E-state index in [0.29, 0.717) is 37.3 Å². The predicted molar refractivity (Wildman–Crippen MR) is 94.8 cm³/mol. The lowest BCUT2D eigenvalue weighted by molar-refractivity contribution is 0.0193. The maximum absolute atomic E-state index is 13.1. The van der Waals surface area contributed by atoms with E-state index < -0.39 is 0 Å². The van der Waals surface area contributed by atoms with Crippen LogP contribution in [0.2, 0.25) is 0 Å². The number of aromatic nitrogens is 3. The Morgan fingerprint density at radius 1 is 1.24 bits per heavy atom. The molecule has 134 valence electrons. The third kappa shape index (κ3) is 3.72. The Morgan fingerprint density at radius 3 is 2.60 bits per heavy atom. The lowest BCUT2D eigenvalue weighted by Crippen LogP contribution is -2.58. The van der Waals surface area contributed by atoms with E-state index >= 15 is 0 Å². The van der Waals surface area contributed by atoms with Gasteiger partial charge in [-0.3, -0.25) is 9.69 Å². The first kappa shape index (κ1) is 17.6. The minimum atomic E-state index is 0.0381. The molecule has 1 aliphatic rings. The third-order valence-electron chi connectivity index (χ3n) is 4.75. The van der Waals surface area contributed by atoms with E-state index in [0.717, 1.165) is 12.2 Å². The maximum atomic E-state index is 13.1. The number of piperazine rings is 1. The topological polar surface area (TPSA) is 63.5 Å². The summed E-state index contributed by atoms with van der Waals surface area (Å²) < 4.78 is 6.84. The minimum Gasteiger partial charge on any atom is -0.383 e. The van der Waals surface area contributed by atoms with E-state index in [9.17, 15) is 4.79 Å². The van der Waals surface area contributed by atoms with Crippen molar-refractivity contribution in [3.8, 4) is 5.69 Å². The number of hydrogen-bond acceptors (Lipinski definition) is 5. The molecule has 0 bridgehead atoms. The van der Waals surface area contributed by atoms with Crippen LogP contribution in [0.5, 0.6) is 0 Å². The zero-order valence-corrected chi connectivity index (χ0v) is 15.0. The molecule has 7 heteroatoms. The molecule has 2 aromatic rings. The zero-order chi connectivity index (χ0) is 17.8. The normalized spacial score (nSPS) is 21.5. The molecule has 0 unspecified atom stereocenters. The van der Waals surface area contributed by atoms with E-state index in [4.69, 9.17) is 4.74 Å². The van der Waals surface area contributed by atoms with Crippen molar-refractivity contribution in [1.82, 2.24) is 24.8 Å². The summed E-state index contributed by atoms with van der Waals surface area (Å²) in [6.45, 7) is 7.33. The fourth-order valence-electron chi connectivity index (χ4n) is 3.52. The van der Waals surface area contributed by atoms with Crippen LogP contribution in [0.4, 0.5) is 0 Å². The monoisotopic (exact) mass is 343 g/mol. The second-order valence-corrected chi connectivity index (χ2v) is 6.50. The lowest BCUT2D eigenvalue weighted by atomic mass is 10.1. The van der Waals surface area contributed by atoms with Crippen molar-refractivity contribution in [1.29, 1.82) is 0 Å². The molecule has 0 saturated carbocycles. The molecule has 0 N–H and O–H groups in total. The molecule has 1 amide bonds. The van der Waals surface area contributed by atoms with Crippen LogP contribution >= 0.6 is 0 Å². The number of nitrogens with zero attached hydrogens (tertiary/aromatic N) is 5. The van der Waals surface area contributed by atoms with Crippen molar-refractivity contribution in [2.75, 3.05) is 33.4 Å². The van der Waals surface area contributed by atoms with Crippen molar-refractivity contribution < 1.29 is 9.53 Å². The Kier molecular flexibility index (Phi) is 5.45. The van der Waals surface area contributed by atoms with Crippen molar-refractivity contribution in [2.45, 2.75) is 25.9 Å². The SMILES string of the molecule is COCCN1[C@@H](C)CN(C(=O)c2ccccc2-n2ccnn2)C[C@@H]1C. The van der Waals surface area contributed by atoms with Gasteiger partial charge in [-0.05, 0) is 26.0 Å². The van der Waals surface area contributed by atoms with Crippen LogP contribution in [0.25, 0.3) is 5.69 Å².